The highest BCUT2D eigenvalue weighted by molar-refractivity contribution is 7.98. The Morgan fingerprint density at radius 3 is 2.50 bits per heavy atom. The first-order chi connectivity index (χ1) is 10.6. The number of anilines is 1. The van der Waals surface area contributed by atoms with Crippen LogP contribution in [0.2, 0.25) is 0 Å². The third-order valence-corrected chi connectivity index (χ3v) is 4.01. The largest absolute Gasteiger partial charge is 0.465 e. The molecule has 0 saturated carbocycles. The number of nitrogens with one attached hydrogen (secondary N) is 1. The summed E-state index contributed by atoms with van der Waals surface area (Å²) in [6, 6.07) is 15.1. The number of thioether (sulfide) groups is 1. The molecule has 0 unspecified atom stereocenters. The van der Waals surface area contributed by atoms with Crippen LogP contribution < -0.4 is 5.32 Å². The van der Waals surface area contributed by atoms with Gasteiger partial charge >= 0.3 is 5.97 Å². The minimum atomic E-state index is -0.327. The minimum absolute atomic E-state index is 0.0833. The monoisotopic (exact) mass is 315 g/mol. The van der Waals surface area contributed by atoms with Crippen LogP contribution >= 0.6 is 11.8 Å². The number of carbonyl (C=O) groups excluding carboxylic acids is 2. The van der Waals surface area contributed by atoms with Crippen LogP contribution in [-0.4, -0.2) is 19.0 Å². The second kappa shape index (κ2) is 7.66. The van der Waals surface area contributed by atoms with Gasteiger partial charge < -0.3 is 10.1 Å². The number of hydrogen-bond donors (Lipinski definition) is 1. The zero-order chi connectivity index (χ0) is 15.9. The molecular weight excluding hydrogens is 298 g/mol. The van der Waals surface area contributed by atoms with E-state index in [0.717, 1.165) is 21.9 Å². The maximum atomic E-state index is 11.5. The maximum Gasteiger partial charge on any atom is 0.337 e. The Morgan fingerprint density at radius 2 is 1.86 bits per heavy atom. The highest BCUT2D eigenvalue weighted by atomic mass is 32.2. The fraction of sp³-hybridized carbons (Fsp3) is 0.176. The molecule has 22 heavy (non-hydrogen) atoms. The highest BCUT2D eigenvalue weighted by Gasteiger charge is 2.06. The van der Waals surface area contributed by atoms with Crippen molar-refractivity contribution in [2.24, 2.45) is 0 Å². The van der Waals surface area contributed by atoms with Gasteiger partial charge in [0.05, 0.1) is 12.7 Å². The molecule has 0 bridgehead atoms. The lowest BCUT2D eigenvalue weighted by Crippen LogP contribution is -2.05. The first-order valence-electron chi connectivity index (χ1n) is 6.76. The van der Waals surface area contributed by atoms with Gasteiger partial charge in [-0.2, -0.15) is 0 Å². The average molecular weight is 315 g/mol. The van der Waals surface area contributed by atoms with Gasteiger partial charge in [0.1, 0.15) is 0 Å². The molecule has 2 aromatic rings. The molecule has 0 aliphatic rings. The van der Waals surface area contributed by atoms with Gasteiger partial charge in [0.25, 0.3) is 0 Å². The maximum absolute atomic E-state index is 11.5. The Labute approximate surface area is 133 Å². The van der Waals surface area contributed by atoms with Gasteiger partial charge in [-0.3, -0.25) is 4.79 Å². The third-order valence-electron chi connectivity index (χ3n) is 2.93. The van der Waals surface area contributed by atoms with Gasteiger partial charge in [-0.05, 0) is 42.0 Å². The van der Waals surface area contributed by atoms with Crippen LogP contribution in [0.15, 0.2) is 53.4 Å². The van der Waals surface area contributed by atoms with Crippen LogP contribution in [0.5, 0.6) is 0 Å². The van der Waals surface area contributed by atoms with Gasteiger partial charge in [-0.25, -0.2) is 4.79 Å². The Morgan fingerprint density at radius 1 is 1.14 bits per heavy atom. The molecule has 0 aliphatic heterocycles. The van der Waals surface area contributed by atoms with E-state index in [1.165, 1.54) is 14.0 Å². The summed E-state index contributed by atoms with van der Waals surface area (Å²) < 4.78 is 4.72. The zero-order valence-electron chi connectivity index (χ0n) is 12.5. The standard InChI is InChI=1S/C17H17NO3S/c1-12(19)18-15-6-8-16(9-7-15)22-11-13-4-3-5-14(10-13)17(20)21-2/h3-10H,11H2,1-2H3,(H,18,19). The number of esters is 1. The van der Waals surface area contributed by atoms with E-state index in [1.807, 2.05) is 42.5 Å². The van der Waals surface area contributed by atoms with E-state index in [1.54, 1.807) is 17.8 Å². The van der Waals surface area contributed by atoms with Crippen molar-refractivity contribution < 1.29 is 14.3 Å². The minimum Gasteiger partial charge on any atom is -0.465 e. The summed E-state index contributed by atoms with van der Waals surface area (Å²) in [5, 5.41) is 2.73. The third kappa shape index (κ3) is 4.63. The van der Waals surface area contributed by atoms with Crippen molar-refractivity contribution in [3.63, 3.8) is 0 Å². The first-order valence-corrected chi connectivity index (χ1v) is 7.75. The van der Waals surface area contributed by atoms with Gasteiger partial charge in [0, 0.05) is 23.3 Å². The fourth-order valence-corrected chi connectivity index (χ4v) is 2.75. The van der Waals surface area contributed by atoms with E-state index >= 15 is 0 Å². The smallest absolute Gasteiger partial charge is 0.337 e. The van der Waals surface area contributed by atoms with Gasteiger partial charge in [0.2, 0.25) is 5.91 Å². The van der Waals surface area contributed by atoms with Crippen molar-refractivity contribution in [3.8, 4) is 0 Å². The van der Waals surface area contributed by atoms with Crippen LogP contribution in [0, 0.1) is 0 Å². The Hall–Kier alpha value is -2.27. The normalized spacial score (nSPS) is 10.1. The molecular formula is C17H17NO3S. The lowest BCUT2D eigenvalue weighted by atomic mass is 10.1. The molecule has 0 saturated heterocycles. The topological polar surface area (TPSA) is 55.4 Å². The van der Waals surface area contributed by atoms with Crippen molar-refractivity contribution in [2.45, 2.75) is 17.6 Å². The van der Waals surface area contributed by atoms with Crippen LogP contribution in [-0.2, 0) is 15.3 Å². The molecule has 0 radical (unpaired) electrons. The van der Waals surface area contributed by atoms with Crippen molar-refractivity contribution in [3.05, 3.63) is 59.7 Å². The zero-order valence-corrected chi connectivity index (χ0v) is 13.3. The summed E-state index contributed by atoms with van der Waals surface area (Å²) in [5.74, 6) is 0.344. The number of amides is 1. The summed E-state index contributed by atoms with van der Waals surface area (Å²) in [6.45, 7) is 1.48. The first kappa shape index (κ1) is 16.1. The van der Waals surface area contributed by atoms with Crippen molar-refractivity contribution >= 4 is 29.3 Å². The lowest BCUT2D eigenvalue weighted by molar-refractivity contribution is -0.114. The lowest BCUT2D eigenvalue weighted by Gasteiger charge is -2.06. The number of carbonyl (C=O) groups is 2. The van der Waals surface area contributed by atoms with E-state index in [4.69, 9.17) is 4.74 Å². The van der Waals surface area contributed by atoms with E-state index < -0.39 is 0 Å². The molecule has 0 heterocycles. The SMILES string of the molecule is COC(=O)c1cccc(CSc2ccc(NC(C)=O)cc2)c1. The summed E-state index contributed by atoms with van der Waals surface area (Å²) >= 11 is 1.66. The molecule has 2 rings (SSSR count). The van der Waals surface area contributed by atoms with Crippen molar-refractivity contribution in [1.82, 2.24) is 0 Å². The molecule has 0 fully saturated rings. The van der Waals surface area contributed by atoms with Crippen LogP contribution in [0.25, 0.3) is 0 Å². The van der Waals surface area contributed by atoms with Crippen LogP contribution in [0.4, 0.5) is 5.69 Å². The van der Waals surface area contributed by atoms with E-state index in [0.29, 0.717) is 5.56 Å². The predicted octanol–water partition coefficient (Wildman–Crippen LogP) is 3.72. The van der Waals surface area contributed by atoms with Gasteiger partial charge in [-0.15, -0.1) is 11.8 Å². The molecule has 4 nitrogen and oxygen atoms in total. The van der Waals surface area contributed by atoms with E-state index in [-0.39, 0.29) is 11.9 Å². The quantitative estimate of drug-likeness (QED) is 0.675. The second-order valence-corrected chi connectivity index (χ2v) is 5.73. The molecule has 114 valence electrons. The van der Waals surface area contributed by atoms with Crippen LogP contribution in [0.1, 0.15) is 22.8 Å². The van der Waals surface area contributed by atoms with Crippen molar-refractivity contribution in [2.75, 3.05) is 12.4 Å². The van der Waals surface area contributed by atoms with Gasteiger partial charge in [-0.1, -0.05) is 12.1 Å². The fourth-order valence-electron chi connectivity index (χ4n) is 1.91. The summed E-state index contributed by atoms with van der Waals surface area (Å²) in [7, 11) is 1.38. The number of ether oxygens (including phenoxy) is 1. The Balaban J connectivity index is 1.98. The molecule has 5 heteroatoms. The molecule has 0 spiro atoms. The number of methoxy groups -OCH3 is 1. The molecule has 0 aromatic heterocycles. The number of benzene rings is 2. The Kier molecular flexibility index (Phi) is 5.61. The molecule has 0 atom stereocenters. The van der Waals surface area contributed by atoms with Gasteiger partial charge in [0.15, 0.2) is 0 Å². The van der Waals surface area contributed by atoms with Crippen LogP contribution in [0.3, 0.4) is 0 Å². The van der Waals surface area contributed by atoms with Crippen molar-refractivity contribution in [1.29, 1.82) is 0 Å². The number of rotatable bonds is 5. The number of hydrogen-bond acceptors (Lipinski definition) is 4. The molecule has 1 N–H and O–H groups in total. The molecule has 1 amide bonds. The average Bonchev–Trinajstić information content (AvgIpc) is 2.53. The summed E-state index contributed by atoms with van der Waals surface area (Å²) in [5.41, 5.74) is 2.39. The molecule has 2 aromatic carbocycles. The van der Waals surface area contributed by atoms with E-state index in [2.05, 4.69) is 5.32 Å². The highest BCUT2D eigenvalue weighted by Crippen LogP contribution is 2.24. The summed E-state index contributed by atoms with van der Waals surface area (Å²) in [6.07, 6.45) is 0. The van der Waals surface area contributed by atoms with E-state index in [9.17, 15) is 9.59 Å². The predicted molar refractivity (Wildman–Crippen MR) is 88.1 cm³/mol. The Bertz CT molecular complexity index is 668. The summed E-state index contributed by atoms with van der Waals surface area (Å²) in [4.78, 5) is 23.6. The molecule has 0 aliphatic carbocycles. The second-order valence-electron chi connectivity index (χ2n) is 4.69.